The molecule has 5 heteroatoms. The van der Waals surface area contributed by atoms with Crippen molar-refractivity contribution in [3.8, 4) is 0 Å². The lowest BCUT2D eigenvalue weighted by Crippen LogP contribution is -2.27. The van der Waals surface area contributed by atoms with Crippen LogP contribution in [0.4, 0.5) is 10.1 Å². The van der Waals surface area contributed by atoms with Gasteiger partial charge in [0.05, 0.1) is 11.6 Å². The van der Waals surface area contributed by atoms with Crippen molar-refractivity contribution in [1.82, 2.24) is 5.32 Å². The minimum Gasteiger partial charge on any atom is -0.399 e. The predicted octanol–water partition coefficient (Wildman–Crippen LogP) is 3.66. The fraction of sp³-hybridized carbons (Fsp3) is 0.133. The Balaban J connectivity index is 2.17. The Morgan fingerprint density at radius 3 is 2.65 bits per heavy atom. The third-order valence-electron chi connectivity index (χ3n) is 2.96. The Labute approximate surface area is 125 Å². The van der Waals surface area contributed by atoms with Crippen LogP contribution in [-0.4, -0.2) is 5.91 Å². The summed E-state index contributed by atoms with van der Waals surface area (Å²) in [6.45, 7) is 1.84. The number of carbonyl (C=O) groups is 1. The molecule has 0 fully saturated rings. The lowest BCUT2D eigenvalue weighted by molar-refractivity contribution is 0.0936. The van der Waals surface area contributed by atoms with Crippen molar-refractivity contribution in [2.24, 2.45) is 0 Å². The van der Waals surface area contributed by atoms with Crippen LogP contribution < -0.4 is 11.1 Å². The van der Waals surface area contributed by atoms with E-state index in [4.69, 9.17) is 5.73 Å². The highest BCUT2D eigenvalue weighted by molar-refractivity contribution is 9.10. The largest absolute Gasteiger partial charge is 0.399 e. The lowest BCUT2D eigenvalue weighted by Gasteiger charge is -2.16. The summed E-state index contributed by atoms with van der Waals surface area (Å²) in [4.78, 5) is 12.1. The van der Waals surface area contributed by atoms with Crippen molar-refractivity contribution in [1.29, 1.82) is 0 Å². The predicted molar refractivity (Wildman–Crippen MR) is 80.8 cm³/mol. The molecular formula is C15H14BrFN2O. The summed E-state index contributed by atoms with van der Waals surface area (Å²) in [6, 6.07) is 11.3. The molecule has 0 aliphatic heterocycles. The zero-order chi connectivity index (χ0) is 14.7. The van der Waals surface area contributed by atoms with Crippen molar-refractivity contribution in [3.05, 3.63) is 63.9 Å². The molecular weight excluding hydrogens is 323 g/mol. The van der Waals surface area contributed by atoms with Crippen molar-refractivity contribution in [2.45, 2.75) is 13.0 Å². The molecule has 3 nitrogen and oxygen atoms in total. The summed E-state index contributed by atoms with van der Waals surface area (Å²) in [7, 11) is 0. The van der Waals surface area contributed by atoms with Crippen molar-refractivity contribution < 1.29 is 9.18 Å². The number of hydrogen-bond acceptors (Lipinski definition) is 2. The van der Waals surface area contributed by atoms with E-state index < -0.39 is 11.7 Å². The first-order valence-electron chi connectivity index (χ1n) is 6.09. The summed E-state index contributed by atoms with van der Waals surface area (Å²) in [5, 5.41) is 2.76. The maximum atomic E-state index is 13.7. The van der Waals surface area contributed by atoms with Gasteiger partial charge >= 0.3 is 0 Å². The normalized spacial score (nSPS) is 11.9. The van der Waals surface area contributed by atoms with Crippen molar-refractivity contribution in [2.75, 3.05) is 5.73 Å². The SMILES string of the molecule is C[C@@H](NC(=O)c1ccc(N)cc1F)c1ccccc1Br. The average molecular weight is 337 g/mol. The number of anilines is 1. The van der Waals surface area contributed by atoms with Gasteiger partial charge in [-0.15, -0.1) is 0 Å². The Bertz CT molecular complexity index is 646. The van der Waals surface area contributed by atoms with E-state index in [-0.39, 0.29) is 17.3 Å². The molecule has 2 rings (SSSR count). The van der Waals surface area contributed by atoms with E-state index >= 15 is 0 Å². The van der Waals surface area contributed by atoms with E-state index in [1.54, 1.807) is 0 Å². The number of nitrogens with two attached hydrogens (primary N) is 1. The fourth-order valence-corrected chi connectivity index (χ4v) is 2.52. The van der Waals surface area contributed by atoms with Crippen LogP contribution in [0.5, 0.6) is 0 Å². The highest BCUT2D eigenvalue weighted by atomic mass is 79.9. The molecule has 3 N–H and O–H groups in total. The molecule has 0 heterocycles. The summed E-state index contributed by atoms with van der Waals surface area (Å²) < 4.78 is 14.6. The monoisotopic (exact) mass is 336 g/mol. The second-order valence-corrected chi connectivity index (χ2v) is 5.31. The van der Waals surface area contributed by atoms with Crippen LogP contribution in [0.25, 0.3) is 0 Å². The third kappa shape index (κ3) is 3.17. The van der Waals surface area contributed by atoms with E-state index in [1.165, 1.54) is 12.1 Å². The van der Waals surface area contributed by atoms with Gasteiger partial charge in [0, 0.05) is 10.2 Å². The Hall–Kier alpha value is -1.88. The minimum absolute atomic E-state index is 0.0156. The first kappa shape index (κ1) is 14.5. The number of nitrogen functional groups attached to an aromatic ring is 1. The van der Waals surface area contributed by atoms with E-state index in [0.29, 0.717) is 0 Å². The molecule has 0 bridgehead atoms. The molecule has 0 aliphatic rings. The topological polar surface area (TPSA) is 55.1 Å². The molecule has 0 unspecified atom stereocenters. The summed E-state index contributed by atoms with van der Waals surface area (Å²) in [5.41, 5.74) is 6.66. The molecule has 2 aromatic carbocycles. The number of carbonyl (C=O) groups excluding carboxylic acids is 1. The molecule has 104 valence electrons. The van der Waals surface area contributed by atoms with Crippen molar-refractivity contribution >= 4 is 27.5 Å². The second-order valence-electron chi connectivity index (χ2n) is 4.46. The van der Waals surface area contributed by atoms with Crippen LogP contribution in [0.2, 0.25) is 0 Å². The van der Waals surface area contributed by atoms with Gasteiger partial charge in [0.2, 0.25) is 0 Å². The summed E-state index contributed by atoms with van der Waals surface area (Å²) >= 11 is 3.43. The zero-order valence-electron chi connectivity index (χ0n) is 10.9. The summed E-state index contributed by atoms with van der Waals surface area (Å²) in [6.07, 6.45) is 0. The average Bonchev–Trinajstić information content (AvgIpc) is 2.38. The molecule has 1 amide bonds. The van der Waals surface area contributed by atoms with Gasteiger partial charge < -0.3 is 11.1 Å². The molecule has 0 saturated carbocycles. The van der Waals surface area contributed by atoms with E-state index in [9.17, 15) is 9.18 Å². The Morgan fingerprint density at radius 2 is 2.00 bits per heavy atom. The van der Waals surface area contributed by atoms with Gasteiger partial charge in [0.1, 0.15) is 5.82 Å². The van der Waals surface area contributed by atoms with Gasteiger partial charge in [-0.2, -0.15) is 0 Å². The number of hydrogen-bond donors (Lipinski definition) is 2. The number of rotatable bonds is 3. The maximum absolute atomic E-state index is 13.7. The maximum Gasteiger partial charge on any atom is 0.254 e. The van der Waals surface area contributed by atoms with Crippen LogP contribution in [0.3, 0.4) is 0 Å². The van der Waals surface area contributed by atoms with Crippen LogP contribution >= 0.6 is 15.9 Å². The number of amides is 1. The number of halogens is 2. The second kappa shape index (κ2) is 6.05. The van der Waals surface area contributed by atoms with Crippen LogP contribution in [0.1, 0.15) is 28.9 Å². The van der Waals surface area contributed by atoms with E-state index in [2.05, 4.69) is 21.2 Å². The van der Waals surface area contributed by atoms with Gasteiger partial charge in [-0.05, 0) is 36.8 Å². The highest BCUT2D eigenvalue weighted by Crippen LogP contribution is 2.23. The fourth-order valence-electron chi connectivity index (χ4n) is 1.89. The number of benzene rings is 2. The number of nitrogens with one attached hydrogen (secondary N) is 1. The molecule has 0 aliphatic carbocycles. The molecule has 2 aromatic rings. The van der Waals surface area contributed by atoms with Gasteiger partial charge in [-0.1, -0.05) is 34.1 Å². The van der Waals surface area contributed by atoms with Crippen LogP contribution in [-0.2, 0) is 0 Å². The zero-order valence-corrected chi connectivity index (χ0v) is 12.4. The standard InChI is InChI=1S/C15H14BrFN2O/c1-9(11-4-2-3-5-13(11)16)19-15(20)12-7-6-10(18)8-14(12)17/h2-9H,18H2,1H3,(H,19,20)/t9-/m1/s1. The van der Waals surface area contributed by atoms with Crippen LogP contribution in [0.15, 0.2) is 46.9 Å². The van der Waals surface area contributed by atoms with E-state index in [0.717, 1.165) is 16.1 Å². The van der Waals surface area contributed by atoms with Gasteiger partial charge in [-0.25, -0.2) is 4.39 Å². The van der Waals surface area contributed by atoms with Gasteiger partial charge in [-0.3, -0.25) is 4.79 Å². The smallest absolute Gasteiger partial charge is 0.254 e. The van der Waals surface area contributed by atoms with Gasteiger partial charge in [0.15, 0.2) is 0 Å². The minimum atomic E-state index is -0.623. The van der Waals surface area contributed by atoms with Crippen molar-refractivity contribution in [3.63, 3.8) is 0 Å². The Morgan fingerprint density at radius 1 is 1.30 bits per heavy atom. The first-order chi connectivity index (χ1) is 9.49. The van der Waals surface area contributed by atoms with Gasteiger partial charge in [0.25, 0.3) is 5.91 Å². The van der Waals surface area contributed by atoms with Crippen LogP contribution in [0, 0.1) is 5.82 Å². The van der Waals surface area contributed by atoms with E-state index in [1.807, 2.05) is 31.2 Å². The third-order valence-corrected chi connectivity index (χ3v) is 3.68. The molecule has 0 saturated heterocycles. The molecule has 0 aromatic heterocycles. The first-order valence-corrected chi connectivity index (χ1v) is 6.88. The lowest BCUT2D eigenvalue weighted by atomic mass is 10.1. The highest BCUT2D eigenvalue weighted by Gasteiger charge is 2.16. The molecule has 0 radical (unpaired) electrons. The Kier molecular flexibility index (Phi) is 4.39. The summed E-state index contributed by atoms with van der Waals surface area (Å²) in [5.74, 6) is -1.09. The molecule has 1 atom stereocenters. The molecule has 0 spiro atoms. The quantitative estimate of drug-likeness (QED) is 0.840. The molecule has 20 heavy (non-hydrogen) atoms.